The molecule has 0 fully saturated rings. The summed E-state index contributed by atoms with van der Waals surface area (Å²) in [4.78, 5) is 10.3. The molecule has 0 saturated heterocycles. The summed E-state index contributed by atoms with van der Waals surface area (Å²) in [5.41, 5.74) is 8.16. The Labute approximate surface area is 112 Å². The van der Waals surface area contributed by atoms with E-state index in [1.165, 1.54) is 0 Å². The lowest BCUT2D eigenvalue weighted by Gasteiger charge is -2.24. The molecule has 0 aromatic carbocycles. The van der Waals surface area contributed by atoms with Gasteiger partial charge in [-0.3, -0.25) is 15.4 Å². The van der Waals surface area contributed by atoms with Gasteiger partial charge < -0.3 is 10.6 Å². The van der Waals surface area contributed by atoms with Crippen LogP contribution >= 0.6 is 0 Å². The van der Waals surface area contributed by atoms with E-state index in [9.17, 15) is 0 Å². The van der Waals surface area contributed by atoms with Crippen LogP contribution in [0.4, 0.5) is 5.69 Å². The Hall–Kier alpha value is -2.43. The summed E-state index contributed by atoms with van der Waals surface area (Å²) in [5, 5.41) is 7.60. The van der Waals surface area contributed by atoms with Crippen molar-refractivity contribution in [1.29, 1.82) is 5.41 Å². The zero-order chi connectivity index (χ0) is 13.7. The molecule has 19 heavy (non-hydrogen) atoms. The van der Waals surface area contributed by atoms with E-state index in [0.29, 0.717) is 5.69 Å². The maximum atomic E-state index is 7.60. The minimum absolute atomic E-state index is 0.0104. The number of amidine groups is 1. The first kappa shape index (κ1) is 13.0. The molecule has 2 rings (SSSR count). The van der Waals surface area contributed by atoms with Gasteiger partial charge in [-0.25, -0.2) is 0 Å². The molecule has 0 spiro atoms. The van der Waals surface area contributed by atoms with Crippen molar-refractivity contribution >= 4 is 11.5 Å². The van der Waals surface area contributed by atoms with Crippen molar-refractivity contribution in [3.63, 3.8) is 0 Å². The van der Waals surface area contributed by atoms with Gasteiger partial charge in [-0.2, -0.15) is 0 Å². The number of pyridine rings is 2. The first-order valence-electron chi connectivity index (χ1n) is 6.15. The third-order valence-electron chi connectivity index (χ3n) is 2.89. The minimum atomic E-state index is -0.0104. The third-order valence-corrected chi connectivity index (χ3v) is 2.89. The van der Waals surface area contributed by atoms with Gasteiger partial charge in [-0.15, -0.1) is 0 Å². The Kier molecular flexibility index (Phi) is 4.07. The van der Waals surface area contributed by atoms with Crippen LogP contribution in [0, 0.1) is 5.41 Å². The molecular formula is C14H17N5. The standard InChI is InChI=1S/C14H17N5/c1-2-19(10-11-5-8-17-9-6-11)12-4-3-7-18-13(12)14(15)16/h3-9H,2,10H2,1H3,(H3,15,16). The van der Waals surface area contributed by atoms with Gasteiger partial charge in [0.25, 0.3) is 0 Å². The fourth-order valence-corrected chi connectivity index (χ4v) is 1.94. The smallest absolute Gasteiger partial charge is 0.143 e. The molecule has 2 heterocycles. The summed E-state index contributed by atoms with van der Waals surface area (Å²) >= 11 is 0. The van der Waals surface area contributed by atoms with Crippen molar-refractivity contribution in [1.82, 2.24) is 9.97 Å². The second kappa shape index (κ2) is 5.95. The first-order valence-corrected chi connectivity index (χ1v) is 6.15. The predicted molar refractivity (Wildman–Crippen MR) is 76.2 cm³/mol. The molecule has 0 aliphatic carbocycles. The normalized spacial score (nSPS) is 10.2. The Bertz CT molecular complexity index is 553. The number of hydrogen-bond acceptors (Lipinski definition) is 4. The number of nitrogen functional groups attached to an aromatic ring is 1. The highest BCUT2D eigenvalue weighted by molar-refractivity contribution is 5.98. The Morgan fingerprint density at radius 1 is 1.26 bits per heavy atom. The summed E-state index contributed by atoms with van der Waals surface area (Å²) < 4.78 is 0. The molecule has 0 bridgehead atoms. The van der Waals surface area contributed by atoms with Crippen molar-refractivity contribution < 1.29 is 0 Å². The molecule has 0 aliphatic heterocycles. The van der Waals surface area contributed by atoms with Crippen LogP contribution in [0.15, 0.2) is 42.9 Å². The van der Waals surface area contributed by atoms with Crippen LogP contribution < -0.4 is 10.6 Å². The quantitative estimate of drug-likeness (QED) is 0.630. The lowest BCUT2D eigenvalue weighted by Crippen LogP contribution is -2.26. The Morgan fingerprint density at radius 3 is 2.63 bits per heavy atom. The van der Waals surface area contributed by atoms with Crippen LogP contribution in [0.2, 0.25) is 0 Å². The van der Waals surface area contributed by atoms with Crippen LogP contribution in [0.1, 0.15) is 18.2 Å². The lowest BCUT2D eigenvalue weighted by atomic mass is 10.2. The number of hydrogen-bond donors (Lipinski definition) is 2. The monoisotopic (exact) mass is 255 g/mol. The maximum Gasteiger partial charge on any atom is 0.143 e. The van der Waals surface area contributed by atoms with E-state index in [2.05, 4.69) is 21.8 Å². The number of nitrogens with zero attached hydrogens (tertiary/aromatic N) is 3. The number of rotatable bonds is 5. The topological polar surface area (TPSA) is 78.9 Å². The molecule has 2 aromatic rings. The summed E-state index contributed by atoms with van der Waals surface area (Å²) in [5.74, 6) is -0.0104. The molecule has 0 aliphatic rings. The van der Waals surface area contributed by atoms with Crippen LogP contribution in [-0.2, 0) is 6.54 Å². The van der Waals surface area contributed by atoms with Crippen LogP contribution in [0.25, 0.3) is 0 Å². The Morgan fingerprint density at radius 2 is 2.00 bits per heavy atom. The van der Waals surface area contributed by atoms with Gasteiger partial charge in [-0.05, 0) is 36.8 Å². The maximum absolute atomic E-state index is 7.60. The van der Waals surface area contributed by atoms with Gasteiger partial charge in [0.2, 0.25) is 0 Å². The Balaban J connectivity index is 2.30. The zero-order valence-electron chi connectivity index (χ0n) is 10.9. The summed E-state index contributed by atoms with van der Waals surface area (Å²) in [6.07, 6.45) is 5.21. The molecule has 0 amide bonds. The van der Waals surface area contributed by atoms with E-state index in [-0.39, 0.29) is 5.84 Å². The first-order chi connectivity index (χ1) is 9.22. The average molecular weight is 255 g/mol. The van der Waals surface area contributed by atoms with Crippen LogP contribution in [-0.4, -0.2) is 22.3 Å². The number of nitrogens with one attached hydrogen (secondary N) is 1. The number of aromatic nitrogens is 2. The molecule has 0 radical (unpaired) electrons. The predicted octanol–water partition coefficient (Wildman–Crippen LogP) is 1.79. The van der Waals surface area contributed by atoms with E-state index < -0.39 is 0 Å². The van der Waals surface area contributed by atoms with Crippen molar-refractivity contribution in [2.24, 2.45) is 5.73 Å². The largest absolute Gasteiger partial charge is 0.382 e. The highest BCUT2D eigenvalue weighted by Crippen LogP contribution is 2.19. The number of nitrogens with two attached hydrogens (primary N) is 1. The third kappa shape index (κ3) is 3.07. The number of anilines is 1. The van der Waals surface area contributed by atoms with Crippen molar-refractivity contribution in [3.8, 4) is 0 Å². The van der Waals surface area contributed by atoms with E-state index in [1.54, 1.807) is 18.6 Å². The second-order valence-corrected chi connectivity index (χ2v) is 4.15. The molecule has 0 saturated carbocycles. The molecule has 0 atom stereocenters. The van der Waals surface area contributed by atoms with Crippen molar-refractivity contribution in [3.05, 3.63) is 54.1 Å². The molecule has 98 valence electrons. The lowest BCUT2D eigenvalue weighted by molar-refractivity contribution is 0.825. The van der Waals surface area contributed by atoms with Crippen LogP contribution in [0.5, 0.6) is 0 Å². The SMILES string of the molecule is CCN(Cc1ccncc1)c1cccnc1C(=N)N. The molecule has 0 unspecified atom stereocenters. The van der Waals surface area contributed by atoms with Crippen molar-refractivity contribution in [2.45, 2.75) is 13.5 Å². The van der Waals surface area contributed by atoms with Gasteiger partial charge in [0.15, 0.2) is 0 Å². The summed E-state index contributed by atoms with van der Waals surface area (Å²) in [6.45, 7) is 3.62. The fourth-order valence-electron chi connectivity index (χ4n) is 1.94. The van der Waals surface area contributed by atoms with Crippen LogP contribution in [0.3, 0.4) is 0 Å². The highest BCUT2D eigenvalue weighted by Gasteiger charge is 2.12. The highest BCUT2D eigenvalue weighted by atomic mass is 15.1. The molecule has 5 heteroatoms. The van der Waals surface area contributed by atoms with Gasteiger partial charge in [0.05, 0.1) is 5.69 Å². The molecule has 2 aromatic heterocycles. The minimum Gasteiger partial charge on any atom is -0.382 e. The van der Waals surface area contributed by atoms with E-state index >= 15 is 0 Å². The van der Waals surface area contributed by atoms with Gasteiger partial charge in [0.1, 0.15) is 11.5 Å². The van der Waals surface area contributed by atoms with Gasteiger partial charge >= 0.3 is 0 Å². The zero-order valence-corrected chi connectivity index (χ0v) is 10.9. The fraction of sp³-hybridized carbons (Fsp3) is 0.214. The summed E-state index contributed by atoms with van der Waals surface area (Å²) in [7, 11) is 0. The average Bonchev–Trinajstić information content (AvgIpc) is 2.46. The van der Waals surface area contributed by atoms with E-state index in [0.717, 1.165) is 24.3 Å². The molecule has 5 nitrogen and oxygen atoms in total. The molecular weight excluding hydrogens is 238 g/mol. The van der Waals surface area contributed by atoms with E-state index in [1.807, 2.05) is 24.3 Å². The summed E-state index contributed by atoms with van der Waals surface area (Å²) in [6, 6.07) is 7.75. The van der Waals surface area contributed by atoms with Gasteiger partial charge in [-0.1, -0.05) is 0 Å². The van der Waals surface area contributed by atoms with Gasteiger partial charge in [0, 0.05) is 31.7 Å². The molecule has 3 N–H and O–H groups in total. The second-order valence-electron chi connectivity index (χ2n) is 4.15. The van der Waals surface area contributed by atoms with Crippen molar-refractivity contribution in [2.75, 3.05) is 11.4 Å². The van der Waals surface area contributed by atoms with E-state index in [4.69, 9.17) is 11.1 Å².